The lowest BCUT2D eigenvalue weighted by molar-refractivity contribution is -0.137. The lowest BCUT2D eigenvalue weighted by Crippen LogP contribution is -2.51. The Morgan fingerprint density at radius 2 is 1.77 bits per heavy atom. The molecule has 0 aromatic heterocycles. The molecule has 0 saturated carbocycles. The Bertz CT molecular complexity index is 157. The summed E-state index contributed by atoms with van der Waals surface area (Å²) in [6, 6.07) is 0.358. The van der Waals surface area contributed by atoms with E-state index >= 15 is 0 Å². The van der Waals surface area contributed by atoms with E-state index in [1.807, 2.05) is 25.8 Å². The first kappa shape index (κ1) is 12.4. The van der Waals surface area contributed by atoms with E-state index in [4.69, 9.17) is 0 Å². The third-order valence-corrected chi connectivity index (χ3v) is 2.07. The summed E-state index contributed by atoms with van der Waals surface area (Å²) in [5.74, 6) is 0.258. The van der Waals surface area contributed by atoms with Gasteiger partial charge in [-0.3, -0.25) is 9.69 Å². The Morgan fingerprint density at radius 1 is 1.23 bits per heavy atom. The molecule has 0 N–H and O–H groups in total. The summed E-state index contributed by atoms with van der Waals surface area (Å²) in [6.45, 7) is 10.6. The van der Waals surface area contributed by atoms with Crippen molar-refractivity contribution in [2.75, 3.05) is 26.7 Å². The van der Waals surface area contributed by atoms with Crippen LogP contribution in [-0.2, 0) is 4.79 Å². The van der Waals surface area contributed by atoms with Gasteiger partial charge in [0.15, 0.2) is 0 Å². The highest BCUT2D eigenvalue weighted by Gasteiger charge is 2.22. The van der Waals surface area contributed by atoms with Crippen LogP contribution >= 0.6 is 0 Å². The lowest BCUT2D eigenvalue weighted by Gasteiger charge is -2.34. The van der Waals surface area contributed by atoms with E-state index < -0.39 is 0 Å². The minimum absolute atomic E-state index is 0.258. The average molecular weight is 186 g/mol. The van der Waals surface area contributed by atoms with E-state index in [9.17, 15) is 4.79 Å². The number of rotatable bonds is 1. The van der Waals surface area contributed by atoms with Gasteiger partial charge < -0.3 is 4.90 Å². The van der Waals surface area contributed by atoms with Crippen LogP contribution in [0.15, 0.2) is 0 Å². The van der Waals surface area contributed by atoms with Gasteiger partial charge in [-0.1, -0.05) is 13.8 Å². The summed E-state index contributed by atoms with van der Waals surface area (Å²) in [6.07, 6.45) is 0. The number of hydrogen-bond acceptors (Lipinski definition) is 2. The van der Waals surface area contributed by atoms with Crippen molar-refractivity contribution in [2.45, 2.75) is 33.7 Å². The third kappa shape index (κ3) is 3.77. The summed E-state index contributed by atoms with van der Waals surface area (Å²) in [5, 5.41) is 0. The van der Waals surface area contributed by atoms with Crippen molar-refractivity contribution in [3.8, 4) is 0 Å². The molecular formula is C10H22N2O. The molecule has 0 atom stereocenters. The van der Waals surface area contributed by atoms with Crippen LogP contribution in [0.2, 0.25) is 0 Å². The van der Waals surface area contributed by atoms with Crippen molar-refractivity contribution >= 4 is 5.91 Å². The normalized spacial score (nSPS) is 18.6. The SMILES string of the molecule is CC.CC(C)N1CCN(C)CC1=O. The molecule has 3 heteroatoms. The Morgan fingerprint density at radius 3 is 2.15 bits per heavy atom. The summed E-state index contributed by atoms with van der Waals surface area (Å²) < 4.78 is 0. The lowest BCUT2D eigenvalue weighted by atomic mass is 10.2. The molecule has 1 amide bonds. The van der Waals surface area contributed by atoms with Crippen LogP contribution in [0.4, 0.5) is 0 Å². The van der Waals surface area contributed by atoms with E-state index in [1.165, 1.54) is 0 Å². The summed E-state index contributed by atoms with van der Waals surface area (Å²) in [4.78, 5) is 15.3. The van der Waals surface area contributed by atoms with Gasteiger partial charge in [-0.15, -0.1) is 0 Å². The minimum atomic E-state index is 0.258. The number of piperazine rings is 1. The Hall–Kier alpha value is -0.570. The van der Waals surface area contributed by atoms with E-state index in [0.717, 1.165) is 13.1 Å². The van der Waals surface area contributed by atoms with Gasteiger partial charge in [-0.2, -0.15) is 0 Å². The molecule has 0 aromatic carbocycles. The first-order valence-corrected chi connectivity index (χ1v) is 5.09. The summed E-state index contributed by atoms with van der Waals surface area (Å²) >= 11 is 0. The van der Waals surface area contributed by atoms with Gasteiger partial charge in [0, 0.05) is 19.1 Å². The molecule has 1 saturated heterocycles. The minimum Gasteiger partial charge on any atom is -0.338 e. The van der Waals surface area contributed by atoms with Crippen LogP contribution in [-0.4, -0.2) is 48.4 Å². The molecule has 0 radical (unpaired) electrons. The number of carbonyl (C=O) groups excluding carboxylic acids is 1. The second-order valence-electron chi connectivity index (χ2n) is 3.42. The highest BCUT2D eigenvalue weighted by atomic mass is 16.2. The highest BCUT2D eigenvalue weighted by molar-refractivity contribution is 5.79. The number of carbonyl (C=O) groups is 1. The molecule has 1 heterocycles. The molecule has 1 fully saturated rings. The number of amides is 1. The fraction of sp³-hybridized carbons (Fsp3) is 0.900. The molecule has 1 aliphatic heterocycles. The van der Waals surface area contributed by atoms with Gasteiger partial charge >= 0.3 is 0 Å². The van der Waals surface area contributed by atoms with E-state index in [2.05, 4.69) is 18.7 Å². The van der Waals surface area contributed by atoms with E-state index in [0.29, 0.717) is 12.6 Å². The van der Waals surface area contributed by atoms with Crippen LogP contribution in [0, 0.1) is 0 Å². The van der Waals surface area contributed by atoms with Crippen molar-refractivity contribution < 1.29 is 4.79 Å². The highest BCUT2D eigenvalue weighted by Crippen LogP contribution is 2.04. The third-order valence-electron chi connectivity index (χ3n) is 2.07. The van der Waals surface area contributed by atoms with Crippen molar-refractivity contribution in [2.24, 2.45) is 0 Å². The summed E-state index contributed by atoms with van der Waals surface area (Å²) in [5.41, 5.74) is 0. The Labute approximate surface area is 81.7 Å². The predicted molar refractivity (Wildman–Crippen MR) is 55.7 cm³/mol. The van der Waals surface area contributed by atoms with Crippen LogP contribution in [0.3, 0.4) is 0 Å². The van der Waals surface area contributed by atoms with Crippen LogP contribution in [0.1, 0.15) is 27.7 Å². The Balaban J connectivity index is 0.000000671. The molecule has 1 rings (SSSR count). The molecule has 78 valence electrons. The number of nitrogens with zero attached hydrogens (tertiary/aromatic N) is 2. The van der Waals surface area contributed by atoms with Gasteiger partial charge in [-0.05, 0) is 20.9 Å². The number of likely N-dealkylation sites (N-methyl/N-ethyl adjacent to an activating group) is 1. The zero-order chi connectivity index (χ0) is 10.4. The quantitative estimate of drug-likeness (QED) is 0.614. The molecule has 0 aromatic rings. The molecule has 0 unspecified atom stereocenters. The van der Waals surface area contributed by atoms with E-state index in [-0.39, 0.29) is 5.91 Å². The van der Waals surface area contributed by atoms with Gasteiger partial charge in [0.1, 0.15) is 0 Å². The van der Waals surface area contributed by atoms with E-state index in [1.54, 1.807) is 0 Å². The second kappa shape index (κ2) is 5.97. The van der Waals surface area contributed by atoms with Crippen molar-refractivity contribution in [3.05, 3.63) is 0 Å². The summed E-state index contributed by atoms with van der Waals surface area (Å²) in [7, 11) is 1.98. The fourth-order valence-electron chi connectivity index (χ4n) is 1.35. The Kier molecular flexibility index (Phi) is 5.71. The average Bonchev–Trinajstić information content (AvgIpc) is 2.07. The number of hydrogen-bond donors (Lipinski definition) is 0. The molecule has 1 aliphatic rings. The predicted octanol–water partition coefficient (Wildman–Crippen LogP) is 1.20. The molecule has 0 spiro atoms. The zero-order valence-electron chi connectivity index (χ0n) is 9.50. The maximum absolute atomic E-state index is 11.3. The van der Waals surface area contributed by atoms with Gasteiger partial charge in [-0.25, -0.2) is 0 Å². The monoisotopic (exact) mass is 186 g/mol. The smallest absolute Gasteiger partial charge is 0.237 e. The maximum atomic E-state index is 11.3. The van der Waals surface area contributed by atoms with Crippen LogP contribution < -0.4 is 0 Å². The molecule has 0 aliphatic carbocycles. The molecular weight excluding hydrogens is 164 g/mol. The van der Waals surface area contributed by atoms with Crippen LogP contribution in [0.5, 0.6) is 0 Å². The topological polar surface area (TPSA) is 23.6 Å². The largest absolute Gasteiger partial charge is 0.338 e. The van der Waals surface area contributed by atoms with Gasteiger partial charge in [0.2, 0.25) is 5.91 Å². The van der Waals surface area contributed by atoms with Gasteiger partial charge in [0.25, 0.3) is 0 Å². The first-order chi connectivity index (χ1) is 6.11. The van der Waals surface area contributed by atoms with Gasteiger partial charge in [0.05, 0.1) is 6.54 Å². The molecule has 0 bridgehead atoms. The fourth-order valence-corrected chi connectivity index (χ4v) is 1.35. The van der Waals surface area contributed by atoms with Crippen molar-refractivity contribution in [1.29, 1.82) is 0 Å². The molecule has 3 nitrogen and oxygen atoms in total. The van der Waals surface area contributed by atoms with Crippen molar-refractivity contribution in [1.82, 2.24) is 9.80 Å². The maximum Gasteiger partial charge on any atom is 0.237 e. The second-order valence-corrected chi connectivity index (χ2v) is 3.42. The van der Waals surface area contributed by atoms with Crippen molar-refractivity contribution in [3.63, 3.8) is 0 Å². The standard InChI is InChI=1S/C8H16N2O.C2H6/c1-7(2)10-5-4-9(3)6-8(10)11;1-2/h7H,4-6H2,1-3H3;1-2H3. The zero-order valence-corrected chi connectivity index (χ0v) is 9.50. The first-order valence-electron chi connectivity index (χ1n) is 5.09. The molecule has 13 heavy (non-hydrogen) atoms. The van der Waals surface area contributed by atoms with Crippen LogP contribution in [0.25, 0.3) is 0 Å².